The van der Waals surface area contributed by atoms with Crippen LogP contribution in [0.2, 0.25) is 0 Å². The Morgan fingerprint density at radius 3 is 2.74 bits per heavy atom. The Bertz CT molecular complexity index is 458. The van der Waals surface area contributed by atoms with Crippen LogP contribution in [0, 0.1) is 0 Å². The number of amides is 1. The second kappa shape index (κ2) is 6.14. The van der Waals surface area contributed by atoms with Crippen molar-refractivity contribution in [3.63, 3.8) is 0 Å². The first-order valence-corrected chi connectivity index (χ1v) is 6.49. The molecule has 1 aliphatic heterocycles. The van der Waals surface area contributed by atoms with Crippen molar-refractivity contribution in [3.8, 4) is 0 Å². The van der Waals surface area contributed by atoms with Gasteiger partial charge in [-0.2, -0.15) is 0 Å². The summed E-state index contributed by atoms with van der Waals surface area (Å²) in [7, 11) is 1.80. The van der Waals surface area contributed by atoms with Gasteiger partial charge in [0.25, 0.3) is 0 Å². The normalized spacial score (nSPS) is 14.9. The van der Waals surface area contributed by atoms with E-state index in [1.165, 1.54) is 5.56 Å². The zero-order chi connectivity index (χ0) is 13.8. The van der Waals surface area contributed by atoms with Crippen LogP contribution in [0.1, 0.15) is 17.5 Å². The summed E-state index contributed by atoms with van der Waals surface area (Å²) < 4.78 is 0. The SMILES string of the molecule is CN1C(=O)CCc2cc(CNC(CO)CO)ccc21. The van der Waals surface area contributed by atoms with Crippen molar-refractivity contribution in [2.75, 3.05) is 25.2 Å². The molecule has 0 saturated carbocycles. The number of carbonyl (C=O) groups is 1. The number of carbonyl (C=O) groups excluding carboxylic acids is 1. The van der Waals surface area contributed by atoms with Crippen molar-refractivity contribution in [2.45, 2.75) is 25.4 Å². The second-order valence-electron chi connectivity index (χ2n) is 4.86. The van der Waals surface area contributed by atoms with Gasteiger partial charge < -0.3 is 20.4 Å². The average Bonchev–Trinajstić information content (AvgIpc) is 2.44. The van der Waals surface area contributed by atoms with Gasteiger partial charge >= 0.3 is 0 Å². The molecule has 0 aromatic heterocycles. The summed E-state index contributed by atoms with van der Waals surface area (Å²) in [6.07, 6.45) is 1.33. The third-order valence-electron chi connectivity index (χ3n) is 3.52. The first-order valence-electron chi connectivity index (χ1n) is 6.49. The topological polar surface area (TPSA) is 72.8 Å². The number of hydrogen-bond acceptors (Lipinski definition) is 4. The van der Waals surface area contributed by atoms with Crippen molar-refractivity contribution in [1.29, 1.82) is 0 Å². The minimum absolute atomic E-state index is 0.0846. The van der Waals surface area contributed by atoms with E-state index in [1.54, 1.807) is 11.9 Å². The number of nitrogens with one attached hydrogen (secondary N) is 1. The second-order valence-corrected chi connectivity index (χ2v) is 4.86. The van der Waals surface area contributed by atoms with E-state index in [-0.39, 0.29) is 25.2 Å². The number of aliphatic hydroxyl groups is 2. The predicted molar refractivity (Wildman–Crippen MR) is 73.0 cm³/mol. The molecule has 1 aromatic rings. The van der Waals surface area contributed by atoms with Gasteiger partial charge in [0.05, 0.1) is 19.3 Å². The van der Waals surface area contributed by atoms with E-state index in [0.29, 0.717) is 13.0 Å². The molecule has 2 rings (SSSR count). The fourth-order valence-corrected chi connectivity index (χ4v) is 2.27. The number of hydrogen-bond donors (Lipinski definition) is 3. The number of anilines is 1. The minimum Gasteiger partial charge on any atom is -0.395 e. The highest BCUT2D eigenvalue weighted by Gasteiger charge is 2.20. The summed E-state index contributed by atoms with van der Waals surface area (Å²) in [4.78, 5) is 13.3. The summed E-state index contributed by atoms with van der Waals surface area (Å²) >= 11 is 0. The van der Waals surface area contributed by atoms with Crippen LogP contribution in [0.4, 0.5) is 5.69 Å². The van der Waals surface area contributed by atoms with Gasteiger partial charge in [-0.15, -0.1) is 0 Å². The Labute approximate surface area is 112 Å². The molecule has 0 fully saturated rings. The molecule has 0 saturated heterocycles. The first-order chi connectivity index (χ1) is 9.15. The lowest BCUT2D eigenvalue weighted by Gasteiger charge is -2.26. The molecule has 1 amide bonds. The van der Waals surface area contributed by atoms with Gasteiger partial charge in [0.1, 0.15) is 0 Å². The van der Waals surface area contributed by atoms with Crippen LogP contribution >= 0.6 is 0 Å². The quantitative estimate of drug-likeness (QED) is 0.702. The van der Waals surface area contributed by atoms with Crippen molar-refractivity contribution < 1.29 is 15.0 Å². The van der Waals surface area contributed by atoms with Crippen LogP contribution in [-0.2, 0) is 17.8 Å². The molecule has 19 heavy (non-hydrogen) atoms. The zero-order valence-corrected chi connectivity index (χ0v) is 11.1. The Hall–Kier alpha value is -1.43. The highest BCUT2D eigenvalue weighted by molar-refractivity contribution is 5.95. The lowest BCUT2D eigenvalue weighted by molar-refractivity contribution is -0.118. The van der Waals surface area contributed by atoms with Crippen molar-refractivity contribution in [1.82, 2.24) is 5.32 Å². The van der Waals surface area contributed by atoms with Gasteiger partial charge in [-0.1, -0.05) is 12.1 Å². The maximum absolute atomic E-state index is 11.6. The highest BCUT2D eigenvalue weighted by atomic mass is 16.3. The lowest BCUT2D eigenvalue weighted by Crippen LogP contribution is -2.35. The van der Waals surface area contributed by atoms with Gasteiger partial charge in [-0.05, 0) is 23.6 Å². The summed E-state index contributed by atoms with van der Waals surface area (Å²) in [5, 5.41) is 21.1. The van der Waals surface area contributed by atoms with Crippen LogP contribution in [0.15, 0.2) is 18.2 Å². The largest absolute Gasteiger partial charge is 0.395 e. The molecular formula is C14H20N2O3. The number of fused-ring (bicyclic) bond motifs is 1. The molecule has 5 heteroatoms. The highest BCUT2D eigenvalue weighted by Crippen LogP contribution is 2.27. The molecule has 104 valence electrons. The number of aliphatic hydroxyl groups excluding tert-OH is 2. The van der Waals surface area contributed by atoms with Gasteiger partial charge in [-0.25, -0.2) is 0 Å². The number of rotatable bonds is 5. The minimum atomic E-state index is -0.291. The van der Waals surface area contributed by atoms with E-state index in [1.807, 2.05) is 12.1 Å². The molecule has 1 aliphatic rings. The van der Waals surface area contributed by atoms with Gasteiger partial charge in [0.15, 0.2) is 0 Å². The smallest absolute Gasteiger partial charge is 0.227 e. The van der Waals surface area contributed by atoms with E-state index in [4.69, 9.17) is 10.2 Å². The third kappa shape index (κ3) is 3.12. The van der Waals surface area contributed by atoms with E-state index in [9.17, 15) is 4.79 Å². The van der Waals surface area contributed by atoms with Crippen LogP contribution in [0.3, 0.4) is 0 Å². The molecule has 0 unspecified atom stereocenters. The fraction of sp³-hybridized carbons (Fsp3) is 0.500. The average molecular weight is 264 g/mol. The summed E-state index contributed by atoms with van der Waals surface area (Å²) in [6, 6.07) is 5.71. The van der Waals surface area contributed by atoms with Gasteiger partial charge in [0, 0.05) is 25.7 Å². The van der Waals surface area contributed by atoms with E-state index in [2.05, 4.69) is 11.4 Å². The van der Waals surface area contributed by atoms with Crippen molar-refractivity contribution in [3.05, 3.63) is 29.3 Å². The Balaban J connectivity index is 2.07. The molecule has 0 atom stereocenters. The fourth-order valence-electron chi connectivity index (χ4n) is 2.27. The van der Waals surface area contributed by atoms with Crippen LogP contribution in [-0.4, -0.2) is 42.4 Å². The first kappa shape index (κ1) is 14.0. The molecule has 0 radical (unpaired) electrons. The Morgan fingerprint density at radius 1 is 1.32 bits per heavy atom. The summed E-state index contributed by atoms with van der Waals surface area (Å²) in [5.41, 5.74) is 3.24. The summed E-state index contributed by atoms with van der Waals surface area (Å²) in [5.74, 6) is 0.152. The monoisotopic (exact) mass is 264 g/mol. The van der Waals surface area contributed by atoms with Crippen molar-refractivity contribution >= 4 is 11.6 Å². The third-order valence-corrected chi connectivity index (χ3v) is 3.52. The van der Waals surface area contributed by atoms with E-state index < -0.39 is 0 Å². The van der Waals surface area contributed by atoms with Crippen LogP contribution in [0.5, 0.6) is 0 Å². The number of nitrogens with zero attached hydrogens (tertiary/aromatic N) is 1. The number of benzene rings is 1. The molecule has 0 spiro atoms. The molecule has 3 N–H and O–H groups in total. The van der Waals surface area contributed by atoms with Crippen molar-refractivity contribution in [2.24, 2.45) is 0 Å². The molecule has 1 heterocycles. The molecule has 5 nitrogen and oxygen atoms in total. The zero-order valence-electron chi connectivity index (χ0n) is 11.1. The predicted octanol–water partition coefficient (Wildman–Crippen LogP) is 0.0384. The van der Waals surface area contributed by atoms with Crippen LogP contribution < -0.4 is 10.2 Å². The Morgan fingerprint density at radius 2 is 2.05 bits per heavy atom. The summed E-state index contributed by atoms with van der Waals surface area (Å²) in [6.45, 7) is 0.425. The maximum atomic E-state index is 11.6. The van der Waals surface area contributed by atoms with Crippen LogP contribution in [0.25, 0.3) is 0 Å². The maximum Gasteiger partial charge on any atom is 0.227 e. The molecule has 0 aliphatic carbocycles. The lowest BCUT2D eigenvalue weighted by atomic mass is 9.99. The standard InChI is InChI=1S/C14H20N2O3/c1-16-13-4-2-10(7-15-12(8-17)9-18)6-11(13)3-5-14(16)19/h2,4,6,12,15,17-18H,3,5,7-9H2,1H3. The van der Waals surface area contributed by atoms with Gasteiger partial charge in [-0.3, -0.25) is 4.79 Å². The molecule has 1 aromatic carbocycles. The van der Waals surface area contributed by atoms with E-state index in [0.717, 1.165) is 17.7 Å². The molecular weight excluding hydrogens is 244 g/mol. The Kier molecular flexibility index (Phi) is 4.52. The van der Waals surface area contributed by atoms with Gasteiger partial charge in [0.2, 0.25) is 5.91 Å². The number of aryl methyl sites for hydroxylation is 1. The van der Waals surface area contributed by atoms with E-state index >= 15 is 0 Å². The molecule has 0 bridgehead atoms.